The van der Waals surface area contributed by atoms with Gasteiger partial charge in [0.05, 0.1) is 25.3 Å². The molecule has 33 heavy (non-hydrogen) atoms. The van der Waals surface area contributed by atoms with Crippen LogP contribution in [0.15, 0.2) is 12.1 Å². The fourth-order valence-electron chi connectivity index (χ4n) is 3.52. The lowest BCUT2D eigenvalue weighted by Crippen LogP contribution is -2.45. The number of halogens is 2. The third-order valence-corrected chi connectivity index (χ3v) is 5.06. The number of nitrogens with zero attached hydrogens (tertiary/aromatic N) is 3. The Labute approximate surface area is 188 Å². The van der Waals surface area contributed by atoms with E-state index in [1.165, 1.54) is 23.8 Å². The van der Waals surface area contributed by atoms with Crippen molar-refractivity contribution in [1.29, 1.82) is 0 Å². The van der Waals surface area contributed by atoms with Crippen LogP contribution in [0.5, 0.6) is 0 Å². The molecule has 2 saturated heterocycles. The summed E-state index contributed by atoms with van der Waals surface area (Å²) in [5.74, 6) is -3.10. The van der Waals surface area contributed by atoms with E-state index in [0.29, 0.717) is 0 Å². The second kappa shape index (κ2) is 10.4. The Hall–Kier alpha value is -3.48. The molecule has 180 valence electrons. The summed E-state index contributed by atoms with van der Waals surface area (Å²) in [7, 11) is 0. The number of esters is 1. The number of hydrazine groups is 1. The molecule has 13 heteroatoms. The van der Waals surface area contributed by atoms with Crippen LogP contribution in [0, 0.1) is 11.6 Å². The van der Waals surface area contributed by atoms with E-state index < -0.39 is 42.3 Å². The summed E-state index contributed by atoms with van der Waals surface area (Å²) in [5, 5.41) is 3.77. The predicted molar refractivity (Wildman–Crippen MR) is 111 cm³/mol. The Morgan fingerprint density at radius 1 is 1.18 bits per heavy atom. The second-order valence-electron chi connectivity index (χ2n) is 7.53. The van der Waals surface area contributed by atoms with E-state index in [0.717, 1.165) is 17.0 Å². The van der Waals surface area contributed by atoms with Crippen LogP contribution in [0.2, 0.25) is 0 Å². The number of hydrogen-bond donors (Lipinski definition) is 2. The maximum atomic E-state index is 14.9. The number of cyclic esters (lactones) is 1. The molecule has 0 radical (unpaired) electrons. The van der Waals surface area contributed by atoms with Gasteiger partial charge < -0.3 is 19.7 Å². The molecule has 0 saturated carbocycles. The van der Waals surface area contributed by atoms with Crippen molar-refractivity contribution < 1.29 is 37.4 Å². The van der Waals surface area contributed by atoms with E-state index in [1.54, 1.807) is 0 Å². The standard InChI is InChI=1S/C20H25F2N5O6/c1-12(28)23-9-15-10-26(20(31)33-15)14-7-16(21)19(17(22)8-14)25-4-3-24-27(6-5-25)18(30)11-32-13(2)29/h7-8,15,24H,3-6,9-11H2,1-2H3,(H,23,28)/t15-/m0/s1. The molecule has 0 unspecified atom stereocenters. The van der Waals surface area contributed by atoms with E-state index in [1.807, 2.05) is 0 Å². The molecule has 0 spiro atoms. The highest BCUT2D eigenvalue weighted by Crippen LogP contribution is 2.31. The Balaban J connectivity index is 1.68. The molecule has 2 aliphatic rings. The van der Waals surface area contributed by atoms with Crippen LogP contribution < -0.4 is 20.5 Å². The van der Waals surface area contributed by atoms with Gasteiger partial charge in [-0.3, -0.25) is 24.3 Å². The first kappa shape index (κ1) is 24.2. The van der Waals surface area contributed by atoms with Gasteiger partial charge >= 0.3 is 12.1 Å². The molecule has 3 amide bonds. The number of rotatable bonds is 6. The van der Waals surface area contributed by atoms with Crippen molar-refractivity contribution in [3.05, 3.63) is 23.8 Å². The molecular formula is C20H25F2N5O6. The number of nitrogens with one attached hydrogen (secondary N) is 2. The van der Waals surface area contributed by atoms with Crippen LogP contribution in [-0.4, -0.2) is 80.9 Å². The molecule has 1 atom stereocenters. The van der Waals surface area contributed by atoms with Gasteiger partial charge in [0.15, 0.2) is 18.2 Å². The largest absolute Gasteiger partial charge is 0.456 e. The molecule has 1 aromatic rings. The highest BCUT2D eigenvalue weighted by molar-refractivity contribution is 5.90. The molecule has 1 aromatic carbocycles. The Morgan fingerprint density at radius 3 is 2.52 bits per heavy atom. The predicted octanol–water partition coefficient (Wildman–Crippen LogP) is 0.142. The van der Waals surface area contributed by atoms with Gasteiger partial charge in [0, 0.05) is 45.6 Å². The van der Waals surface area contributed by atoms with Gasteiger partial charge in [0.1, 0.15) is 11.8 Å². The minimum Gasteiger partial charge on any atom is -0.456 e. The molecular weight excluding hydrogens is 444 g/mol. The van der Waals surface area contributed by atoms with Gasteiger partial charge in [-0.05, 0) is 0 Å². The molecule has 0 bridgehead atoms. The van der Waals surface area contributed by atoms with Gasteiger partial charge in [0.2, 0.25) is 5.91 Å². The van der Waals surface area contributed by atoms with Crippen molar-refractivity contribution in [2.75, 3.05) is 55.7 Å². The van der Waals surface area contributed by atoms with Crippen molar-refractivity contribution in [3.63, 3.8) is 0 Å². The van der Waals surface area contributed by atoms with Crippen LogP contribution in [0.1, 0.15) is 13.8 Å². The van der Waals surface area contributed by atoms with Crippen LogP contribution in [0.25, 0.3) is 0 Å². The number of amides is 3. The zero-order valence-corrected chi connectivity index (χ0v) is 18.2. The zero-order valence-electron chi connectivity index (χ0n) is 18.2. The van der Waals surface area contributed by atoms with Gasteiger partial charge in [-0.15, -0.1) is 0 Å². The average Bonchev–Trinajstić information content (AvgIpc) is 2.95. The molecule has 2 aliphatic heterocycles. The van der Waals surface area contributed by atoms with E-state index in [2.05, 4.69) is 15.5 Å². The van der Waals surface area contributed by atoms with E-state index in [4.69, 9.17) is 4.74 Å². The number of ether oxygens (including phenoxy) is 2. The number of carbonyl (C=O) groups is 4. The van der Waals surface area contributed by atoms with Crippen molar-refractivity contribution >= 4 is 35.3 Å². The maximum Gasteiger partial charge on any atom is 0.414 e. The fraction of sp³-hybridized carbons (Fsp3) is 0.500. The Kier molecular flexibility index (Phi) is 7.63. The van der Waals surface area contributed by atoms with Gasteiger partial charge in [-0.25, -0.2) is 19.0 Å². The molecule has 2 fully saturated rings. The van der Waals surface area contributed by atoms with Crippen molar-refractivity contribution in [2.45, 2.75) is 20.0 Å². The number of carbonyl (C=O) groups excluding carboxylic acids is 4. The zero-order chi connectivity index (χ0) is 24.1. The van der Waals surface area contributed by atoms with Crippen molar-refractivity contribution in [1.82, 2.24) is 15.8 Å². The summed E-state index contributed by atoms with van der Waals surface area (Å²) in [5.41, 5.74) is 2.55. The molecule has 0 aliphatic carbocycles. The highest BCUT2D eigenvalue weighted by Gasteiger charge is 2.34. The van der Waals surface area contributed by atoms with Crippen LogP contribution >= 0.6 is 0 Å². The Morgan fingerprint density at radius 2 is 1.88 bits per heavy atom. The Bertz CT molecular complexity index is 923. The normalized spacial score (nSPS) is 18.6. The third-order valence-electron chi connectivity index (χ3n) is 5.06. The van der Waals surface area contributed by atoms with Crippen LogP contribution in [0.3, 0.4) is 0 Å². The summed E-state index contributed by atoms with van der Waals surface area (Å²) in [6.07, 6.45) is -1.41. The smallest absolute Gasteiger partial charge is 0.414 e. The summed E-state index contributed by atoms with van der Waals surface area (Å²) in [4.78, 5) is 48.7. The van der Waals surface area contributed by atoms with Crippen LogP contribution in [0.4, 0.5) is 25.0 Å². The quantitative estimate of drug-likeness (QED) is 0.565. The van der Waals surface area contributed by atoms with Gasteiger partial charge in [-0.1, -0.05) is 0 Å². The SMILES string of the molecule is CC(=O)NC[C@H]1CN(c2cc(F)c(N3CCNN(C(=O)COC(C)=O)CC3)c(F)c2)C(=O)O1. The van der Waals surface area contributed by atoms with E-state index in [-0.39, 0.29) is 56.6 Å². The summed E-state index contributed by atoms with van der Waals surface area (Å²) < 4.78 is 39.7. The monoisotopic (exact) mass is 469 g/mol. The molecule has 3 rings (SSSR count). The summed E-state index contributed by atoms with van der Waals surface area (Å²) in [6.45, 7) is 2.84. The lowest BCUT2D eigenvalue weighted by Gasteiger charge is -2.25. The third kappa shape index (κ3) is 6.06. The molecule has 0 aromatic heterocycles. The average molecular weight is 469 g/mol. The van der Waals surface area contributed by atoms with E-state index in [9.17, 15) is 28.0 Å². The van der Waals surface area contributed by atoms with Gasteiger partial charge in [-0.2, -0.15) is 0 Å². The van der Waals surface area contributed by atoms with E-state index >= 15 is 0 Å². The first-order valence-electron chi connectivity index (χ1n) is 10.3. The number of benzene rings is 1. The highest BCUT2D eigenvalue weighted by atomic mass is 19.1. The number of anilines is 2. The molecule has 2 heterocycles. The lowest BCUT2D eigenvalue weighted by atomic mass is 10.2. The van der Waals surface area contributed by atoms with Crippen LogP contribution in [-0.2, 0) is 23.9 Å². The maximum absolute atomic E-state index is 14.9. The van der Waals surface area contributed by atoms with Crippen molar-refractivity contribution in [2.24, 2.45) is 0 Å². The second-order valence-corrected chi connectivity index (χ2v) is 7.53. The topological polar surface area (TPSA) is 121 Å². The summed E-state index contributed by atoms with van der Waals surface area (Å²) in [6, 6.07) is 2.09. The molecule has 2 N–H and O–H groups in total. The summed E-state index contributed by atoms with van der Waals surface area (Å²) >= 11 is 0. The van der Waals surface area contributed by atoms with Crippen molar-refractivity contribution in [3.8, 4) is 0 Å². The first-order valence-corrected chi connectivity index (χ1v) is 10.3. The first-order chi connectivity index (χ1) is 15.7. The fourth-order valence-corrected chi connectivity index (χ4v) is 3.52. The number of hydrogen-bond acceptors (Lipinski definition) is 8. The lowest BCUT2D eigenvalue weighted by molar-refractivity contribution is -0.151. The minimum absolute atomic E-state index is 0.00444. The van der Waals surface area contributed by atoms with Gasteiger partial charge in [0.25, 0.3) is 5.91 Å². The minimum atomic E-state index is -0.872. The molecule has 11 nitrogen and oxygen atoms in total.